The van der Waals surface area contributed by atoms with E-state index < -0.39 is 77.4 Å². The van der Waals surface area contributed by atoms with Crippen LogP contribution in [0.25, 0.3) is 0 Å². The SMILES string of the molecule is COc1cccc2c1C(=O)c1c(O)c3c(c(O)c1C2=O)CC(O)(C(=O)CO)CC3OC1CC(N=C(C)C)CC(C)O1. The summed E-state index contributed by atoms with van der Waals surface area (Å²) in [6.45, 7) is 4.63. The van der Waals surface area contributed by atoms with Gasteiger partial charge in [-0.1, -0.05) is 12.1 Å². The molecular weight excluding hydrogens is 534 g/mol. The number of methoxy groups -OCH3 is 1. The highest BCUT2D eigenvalue weighted by atomic mass is 16.7. The first kappa shape index (κ1) is 28.9. The maximum Gasteiger partial charge on any atom is 0.202 e. The Morgan fingerprint density at radius 2 is 1.80 bits per heavy atom. The Morgan fingerprint density at radius 3 is 2.46 bits per heavy atom. The summed E-state index contributed by atoms with van der Waals surface area (Å²) >= 11 is 0. The predicted molar refractivity (Wildman–Crippen MR) is 145 cm³/mol. The highest BCUT2D eigenvalue weighted by molar-refractivity contribution is 6.31. The van der Waals surface area contributed by atoms with Crippen molar-refractivity contribution in [3.05, 3.63) is 51.6 Å². The first-order chi connectivity index (χ1) is 19.4. The maximum atomic E-state index is 13.7. The quantitative estimate of drug-likeness (QED) is 0.256. The van der Waals surface area contributed by atoms with Crippen molar-refractivity contribution < 1.29 is 49.0 Å². The zero-order valence-electron chi connectivity index (χ0n) is 23.3. The van der Waals surface area contributed by atoms with Crippen LogP contribution in [0.15, 0.2) is 23.2 Å². The van der Waals surface area contributed by atoms with Gasteiger partial charge in [-0.15, -0.1) is 0 Å². The van der Waals surface area contributed by atoms with Gasteiger partial charge in [-0.3, -0.25) is 19.4 Å². The molecule has 5 unspecified atom stereocenters. The fourth-order valence-electron chi connectivity index (χ4n) is 6.21. The van der Waals surface area contributed by atoms with Gasteiger partial charge in [0.1, 0.15) is 29.5 Å². The monoisotopic (exact) mass is 567 g/mol. The van der Waals surface area contributed by atoms with E-state index in [0.29, 0.717) is 12.8 Å². The number of carbonyl (C=O) groups is 3. The molecule has 4 N–H and O–H groups in total. The van der Waals surface area contributed by atoms with Gasteiger partial charge in [0, 0.05) is 41.7 Å². The average molecular weight is 568 g/mol. The van der Waals surface area contributed by atoms with Crippen molar-refractivity contribution in [1.82, 2.24) is 0 Å². The van der Waals surface area contributed by atoms with E-state index in [0.717, 1.165) is 5.71 Å². The summed E-state index contributed by atoms with van der Waals surface area (Å²) in [5.74, 6) is -3.52. The van der Waals surface area contributed by atoms with Crippen LogP contribution in [0.5, 0.6) is 17.2 Å². The first-order valence-electron chi connectivity index (χ1n) is 13.5. The third-order valence-corrected chi connectivity index (χ3v) is 7.95. The van der Waals surface area contributed by atoms with Crippen molar-refractivity contribution in [1.29, 1.82) is 0 Å². The molecule has 2 aliphatic carbocycles. The number of benzene rings is 2. The summed E-state index contributed by atoms with van der Waals surface area (Å²) in [5.41, 5.74) is -2.42. The first-order valence-corrected chi connectivity index (χ1v) is 13.5. The van der Waals surface area contributed by atoms with E-state index in [1.165, 1.54) is 25.3 Å². The van der Waals surface area contributed by atoms with E-state index in [2.05, 4.69) is 4.99 Å². The molecular formula is C30H33NO10. The molecule has 11 nitrogen and oxygen atoms in total. The van der Waals surface area contributed by atoms with Crippen LogP contribution in [0, 0.1) is 0 Å². The van der Waals surface area contributed by atoms with Gasteiger partial charge in [0.25, 0.3) is 0 Å². The van der Waals surface area contributed by atoms with Crippen LogP contribution in [0.3, 0.4) is 0 Å². The van der Waals surface area contributed by atoms with E-state index in [1.807, 2.05) is 20.8 Å². The average Bonchev–Trinajstić information content (AvgIpc) is 2.91. The van der Waals surface area contributed by atoms with Gasteiger partial charge in [-0.05, 0) is 33.3 Å². The number of hydrogen-bond donors (Lipinski definition) is 4. The van der Waals surface area contributed by atoms with Gasteiger partial charge in [-0.2, -0.15) is 0 Å². The molecule has 0 radical (unpaired) electrons. The molecule has 0 spiro atoms. The lowest BCUT2D eigenvalue weighted by molar-refractivity contribution is -0.225. The minimum Gasteiger partial charge on any atom is -0.507 e. The lowest BCUT2D eigenvalue weighted by Gasteiger charge is -2.41. The molecule has 11 heteroatoms. The number of phenolic OH excluding ortho intramolecular Hbond substituents is 2. The lowest BCUT2D eigenvalue weighted by atomic mass is 9.72. The second kappa shape index (κ2) is 10.6. The van der Waals surface area contributed by atoms with Crippen molar-refractivity contribution in [3.63, 3.8) is 0 Å². The second-order valence-corrected chi connectivity index (χ2v) is 11.1. The predicted octanol–water partition coefficient (Wildman–Crippen LogP) is 2.55. The number of Topliss-reactive ketones (excluding diaryl/α,β-unsaturated/α-hetero) is 1. The number of ketones is 3. The molecule has 0 aromatic heterocycles. The number of nitrogens with zero attached hydrogens (tertiary/aromatic N) is 1. The summed E-state index contributed by atoms with van der Waals surface area (Å²) in [6, 6.07) is 4.32. The molecule has 0 saturated carbocycles. The van der Waals surface area contributed by atoms with Crippen molar-refractivity contribution in [2.24, 2.45) is 4.99 Å². The van der Waals surface area contributed by atoms with Gasteiger partial charge in [0.2, 0.25) is 5.78 Å². The molecule has 1 aliphatic heterocycles. The number of aliphatic hydroxyl groups excluding tert-OH is 1. The Hall–Kier alpha value is -3.64. The molecule has 41 heavy (non-hydrogen) atoms. The molecule has 0 bridgehead atoms. The summed E-state index contributed by atoms with van der Waals surface area (Å²) in [5, 5.41) is 44.0. The molecule has 0 amide bonds. The topological polar surface area (TPSA) is 172 Å². The lowest BCUT2D eigenvalue weighted by Crippen LogP contribution is -2.48. The smallest absolute Gasteiger partial charge is 0.202 e. The molecule has 5 atom stereocenters. The van der Waals surface area contributed by atoms with Gasteiger partial charge >= 0.3 is 0 Å². The molecule has 3 aliphatic rings. The minimum atomic E-state index is -2.19. The zero-order valence-corrected chi connectivity index (χ0v) is 23.3. The molecule has 5 rings (SSSR count). The third-order valence-electron chi connectivity index (χ3n) is 7.95. The molecule has 1 heterocycles. The largest absolute Gasteiger partial charge is 0.507 e. The van der Waals surface area contributed by atoms with Gasteiger partial charge < -0.3 is 34.6 Å². The van der Waals surface area contributed by atoms with Crippen molar-refractivity contribution in [3.8, 4) is 17.2 Å². The Balaban J connectivity index is 1.66. The van der Waals surface area contributed by atoms with Crippen LogP contribution >= 0.6 is 0 Å². The van der Waals surface area contributed by atoms with E-state index in [1.54, 1.807) is 0 Å². The van der Waals surface area contributed by atoms with Gasteiger partial charge in [0.15, 0.2) is 17.9 Å². The van der Waals surface area contributed by atoms with Crippen molar-refractivity contribution in [2.75, 3.05) is 13.7 Å². The van der Waals surface area contributed by atoms with Gasteiger partial charge in [-0.25, -0.2) is 0 Å². The Labute approximate surface area is 236 Å². The number of fused-ring (bicyclic) bond motifs is 3. The number of phenols is 2. The Morgan fingerprint density at radius 1 is 1.10 bits per heavy atom. The van der Waals surface area contributed by atoms with Crippen LogP contribution in [-0.2, 0) is 20.7 Å². The number of aliphatic imine (C=N–C) groups is 1. The van der Waals surface area contributed by atoms with Crippen LogP contribution in [-0.4, -0.2) is 81.2 Å². The standard InChI is InChI=1S/C30H33NO10/c1-13(2)31-15-8-14(3)40-21(9-15)41-19-11-30(38,20(33)12-32)10-17-23(19)29(37)25-24(27(17)35)26(34)16-6-5-7-18(39-4)22(16)28(25)36/h5-7,14-15,19,21,32,35,37-38H,8-12H2,1-4H3. The van der Waals surface area contributed by atoms with Crippen LogP contribution in [0.4, 0.5) is 0 Å². The van der Waals surface area contributed by atoms with Crippen LogP contribution in [0.2, 0.25) is 0 Å². The summed E-state index contributed by atoms with van der Waals surface area (Å²) in [4.78, 5) is 44.7. The second-order valence-electron chi connectivity index (χ2n) is 11.1. The van der Waals surface area contributed by atoms with E-state index in [4.69, 9.17) is 14.2 Å². The fourth-order valence-corrected chi connectivity index (χ4v) is 6.21. The highest BCUT2D eigenvalue weighted by Gasteiger charge is 2.50. The summed E-state index contributed by atoms with van der Waals surface area (Å²) in [6.07, 6.45) is -2.29. The molecule has 2 aromatic rings. The number of aliphatic hydroxyl groups is 2. The fraction of sp³-hybridized carbons (Fsp3) is 0.467. The number of hydrogen-bond acceptors (Lipinski definition) is 11. The minimum absolute atomic E-state index is 0.0239. The zero-order chi connectivity index (χ0) is 29.8. The van der Waals surface area contributed by atoms with E-state index in [9.17, 15) is 34.8 Å². The Kier molecular flexibility index (Phi) is 7.49. The van der Waals surface area contributed by atoms with E-state index in [-0.39, 0.29) is 40.1 Å². The molecule has 218 valence electrons. The van der Waals surface area contributed by atoms with Crippen LogP contribution in [0.1, 0.15) is 89.1 Å². The van der Waals surface area contributed by atoms with E-state index >= 15 is 0 Å². The number of ether oxygens (including phenoxy) is 3. The molecule has 2 aromatic carbocycles. The number of aromatic hydroxyl groups is 2. The summed E-state index contributed by atoms with van der Waals surface area (Å²) in [7, 11) is 1.35. The Bertz CT molecular complexity index is 1480. The van der Waals surface area contributed by atoms with Crippen molar-refractivity contribution in [2.45, 2.75) is 76.6 Å². The normalized spacial score (nSPS) is 27.0. The maximum absolute atomic E-state index is 13.7. The molecule has 1 fully saturated rings. The number of carbonyl (C=O) groups excluding carboxylic acids is 3. The van der Waals surface area contributed by atoms with Crippen LogP contribution < -0.4 is 4.74 Å². The third kappa shape index (κ3) is 4.82. The number of rotatable bonds is 6. The van der Waals surface area contributed by atoms with Crippen molar-refractivity contribution >= 4 is 23.1 Å². The van der Waals surface area contributed by atoms with Gasteiger partial charge in [0.05, 0.1) is 42.0 Å². The molecule has 1 saturated heterocycles. The summed E-state index contributed by atoms with van der Waals surface area (Å²) < 4.78 is 17.5. The highest BCUT2D eigenvalue weighted by Crippen LogP contribution is 2.52.